The van der Waals surface area contributed by atoms with Gasteiger partial charge in [0.25, 0.3) is 5.91 Å². The molecular formula is C21H29FN4O2. The van der Waals surface area contributed by atoms with Gasteiger partial charge in [0.2, 0.25) is 5.43 Å². The smallest absolute Gasteiger partial charge is 0.259 e. The van der Waals surface area contributed by atoms with E-state index in [9.17, 15) is 14.0 Å². The Kier molecular flexibility index (Phi) is 6.03. The summed E-state index contributed by atoms with van der Waals surface area (Å²) < 4.78 is 16.7. The van der Waals surface area contributed by atoms with Crippen molar-refractivity contribution in [2.45, 2.75) is 27.3 Å². The molecule has 0 atom stereocenters. The van der Waals surface area contributed by atoms with Crippen LogP contribution in [0.15, 0.2) is 23.1 Å². The number of carbonyl (C=O) groups excluding carboxylic acids is 1. The first kappa shape index (κ1) is 20.3. The second-order valence-corrected chi connectivity index (χ2v) is 7.80. The highest BCUT2D eigenvalue weighted by Crippen LogP contribution is 2.26. The third kappa shape index (κ3) is 3.90. The highest BCUT2D eigenvalue weighted by atomic mass is 19.1. The summed E-state index contributed by atoms with van der Waals surface area (Å²) in [7, 11) is 1.69. The Morgan fingerprint density at radius 2 is 1.96 bits per heavy atom. The summed E-state index contributed by atoms with van der Waals surface area (Å²) in [6, 6.07) is 3.04. The van der Waals surface area contributed by atoms with Gasteiger partial charge in [0.1, 0.15) is 11.4 Å². The molecule has 1 aromatic carbocycles. The maximum atomic E-state index is 14.9. The summed E-state index contributed by atoms with van der Waals surface area (Å²) in [6.45, 7) is 10.1. The Balaban J connectivity index is 2.11. The van der Waals surface area contributed by atoms with Gasteiger partial charge in [0.15, 0.2) is 0 Å². The Hall–Kier alpha value is -2.41. The minimum Gasteiger partial charge on any atom is -0.367 e. The first-order chi connectivity index (χ1) is 13.3. The lowest BCUT2D eigenvalue weighted by atomic mass is 10.1. The lowest BCUT2D eigenvalue weighted by Gasteiger charge is -2.30. The zero-order valence-corrected chi connectivity index (χ0v) is 17.1. The largest absolute Gasteiger partial charge is 0.367 e. The van der Waals surface area contributed by atoms with Gasteiger partial charge in [-0.2, -0.15) is 0 Å². The highest BCUT2D eigenvalue weighted by molar-refractivity contribution is 5.97. The number of rotatable bonds is 5. The summed E-state index contributed by atoms with van der Waals surface area (Å²) in [5.41, 5.74) is 0.843. The van der Waals surface area contributed by atoms with Crippen LogP contribution in [-0.2, 0) is 6.54 Å². The zero-order chi connectivity index (χ0) is 20.4. The third-order valence-electron chi connectivity index (χ3n) is 5.16. The van der Waals surface area contributed by atoms with Crippen LogP contribution in [0.2, 0.25) is 0 Å². The second-order valence-electron chi connectivity index (χ2n) is 7.80. The number of nitrogens with one attached hydrogen (secondary N) is 1. The Morgan fingerprint density at radius 1 is 1.29 bits per heavy atom. The summed E-state index contributed by atoms with van der Waals surface area (Å²) in [5.74, 6) is -0.453. The van der Waals surface area contributed by atoms with Crippen molar-refractivity contribution in [1.29, 1.82) is 0 Å². The van der Waals surface area contributed by atoms with Crippen LogP contribution in [0.5, 0.6) is 0 Å². The molecule has 1 fully saturated rings. The molecule has 152 valence electrons. The molecule has 0 aliphatic carbocycles. The summed E-state index contributed by atoms with van der Waals surface area (Å²) in [5, 5.41) is 3.51. The first-order valence-electron chi connectivity index (χ1n) is 9.91. The Bertz CT molecular complexity index is 932. The molecule has 1 saturated heterocycles. The molecular weight excluding hydrogens is 359 g/mol. The number of benzene rings is 1. The van der Waals surface area contributed by atoms with E-state index in [1.54, 1.807) is 24.2 Å². The minimum absolute atomic E-state index is 0.0897. The standard InChI is InChI=1S/C21H29FN4O2/c1-5-25-13-16(21(28)24(4)12-14(2)3)20(27)15-10-17(22)19(11-18(15)25)26-8-6-23-7-9-26/h10-11,13-14,23H,5-9,12H2,1-4H3. The second kappa shape index (κ2) is 8.31. The minimum atomic E-state index is -0.422. The van der Waals surface area contributed by atoms with Gasteiger partial charge >= 0.3 is 0 Å². The number of pyridine rings is 1. The van der Waals surface area contributed by atoms with Crippen molar-refractivity contribution < 1.29 is 9.18 Å². The fourth-order valence-corrected chi connectivity index (χ4v) is 3.80. The van der Waals surface area contributed by atoms with E-state index in [2.05, 4.69) is 5.32 Å². The lowest BCUT2D eigenvalue weighted by Crippen LogP contribution is -2.44. The molecule has 2 aromatic rings. The van der Waals surface area contributed by atoms with Crippen molar-refractivity contribution in [1.82, 2.24) is 14.8 Å². The van der Waals surface area contributed by atoms with Crippen molar-refractivity contribution in [2.24, 2.45) is 5.92 Å². The number of fused-ring (bicyclic) bond motifs is 1. The fraction of sp³-hybridized carbons (Fsp3) is 0.524. The number of aryl methyl sites for hydroxylation is 1. The predicted octanol–water partition coefficient (Wildman–Crippen LogP) is 2.30. The van der Waals surface area contributed by atoms with E-state index in [0.717, 1.165) is 26.2 Å². The van der Waals surface area contributed by atoms with Crippen LogP contribution in [0.1, 0.15) is 31.1 Å². The van der Waals surface area contributed by atoms with Crippen LogP contribution >= 0.6 is 0 Å². The molecule has 1 aliphatic heterocycles. The van der Waals surface area contributed by atoms with Gasteiger partial charge in [0, 0.05) is 57.9 Å². The zero-order valence-electron chi connectivity index (χ0n) is 17.1. The van der Waals surface area contributed by atoms with E-state index in [-0.39, 0.29) is 16.9 Å². The monoisotopic (exact) mass is 388 g/mol. The predicted molar refractivity (Wildman–Crippen MR) is 111 cm³/mol. The van der Waals surface area contributed by atoms with Crippen molar-refractivity contribution in [3.05, 3.63) is 39.9 Å². The lowest BCUT2D eigenvalue weighted by molar-refractivity contribution is 0.0777. The molecule has 0 radical (unpaired) electrons. The van der Waals surface area contributed by atoms with E-state index in [4.69, 9.17) is 0 Å². The van der Waals surface area contributed by atoms with Crippen molar-refractivity contribution in [3.63, 3.8) is 0 Å². The quantitative estimate of drug-likeness (QED) is 0.854. The molecule has 1 N–H and O–H groups in total. The van der Waals surface area contributed by atoms with Crippen molar-refractivity contribution in [2.75, 3.05) is 44.7 Å². The van der Waals surface area contributed by atoms with E-state index in [1.165, 1.54) is 6.07 Å². The molecule has 0 bridgehead atoms. The molecule has 1 aliphatic rings. The Labute approximate surface area is 164 Å². The van der Waals surface area contributed by atoms with Gasteiger partial charge < -0.3 is 19.7 Å². The average Bonchev–Trinajstić information content (AvgIpc) is 2.68. The number of amides is 1. The van der Waals surface area contributed by atoms with E-state index in [1.807, 2.05) is 30.2 Å². The van der Waals surface area contributed by atoms with Gasteiger partial charge in [-0.3, -0.25) is 9.59 Å². The number of hydrogen-bond donors (Lipinski definition) is 1. The Morgan fingerprint density at radius 3 is 2.57 bits per heavy atom. The van der Waals surface area contributed by atoms with Gasteiger partial charge in [0.05, 0.1) is 11.2 Å². The summed E-state index contributed by atoms with van der Waals surface area (Å²) >= 11 is 0. The average molecular weight is 388 g/mol. The normalized spacial score (nSPS) is 14.7. The maximum absolute atomic E-state index is 14.9. The number of hydrogen-bond acceptors (Lipinski definition) is 4. The van der Waals surface area contributed by atoms with Gasteiger partial charge in [-0.25, -0.2) is 4.39 Å². The van der Waals surface area contributed by atoms with Gasteiger partial charge in [-0.1, -0.05) is 13.8 Å². The van der Waals surface area contributed by atoms with Crippen LogP contribution in [0.4, 0.5) is 10.1 Å². The van der Waals surface area contributed by atoms with Gasteiger partial charge in [-0.05, 0) is 25.0 Å². The van der Waals surface area contributed by atoms with Crippen molar-refractivity contribution >= 4 is 22.5 Å². The van der Waals surface area contributed by atoms with Crippen molar-refractivity contribution in [3.8, 4) is 0 Å². The van der Waals surface area contributed by atoms with Crippen LogP contribution in [0.3, 0.4) is 0 Å². The van der Waals surface area contributed by atoms with E-state index < -0.39 is 11.2 Å². The number of piperazine rings is 1. The van der Waals surface area contributed by atoms with Gasteiger partial charge in [-0.15, -0.1) is 0 Å². The number of halogens is 1. The molecule has 0 spiro atoms. The molecule has 6 nitrogen and oxygen atoms in total. The van der Waals surface area contributed by atoms with Crippen LogP contribution in [0.25, 0.3) is 10.9 Å². The molecule has 3 rings (SSSR count). The van der Waals surface area contributed by atoms with Crippen LogP contribution in [0, 0.1) is 11.7 Å². The molecule has 2 heterocycles. The summed E-state index contributed by atoms with van der Waals surface area (Å²) in [4.78, 5) is 29.4. The highest BCUT2D eigenvalue weighted by Gasteiger charge is 2.22. The maximum Gasteiger partial charge on any atom is 0.259 e. The topological polar surface area (TPSA) is 57.6 Å². The molecule has 0 unspecified atom stereocenters. The third-order valence-corrected chi connectivity index (χ3v) is 5.16. The molecule has 7 heteroatoms. The van der Waals surface area contributed by atoms with E-state index in [0.29, 0.717) is 30.2 Å². The molecule has 28 heavy (non-hydrogen) atoms. The number of carbonyl (C=O) groups is 1. The number of anilines is 1. The fourth-order valence-electron chi connectivity index (χ4n) is 3.80. The molecule has 0 saturated carbocycles. The van der Waals surface area contributed by atoms with Crippen LogP contribution < -0.4 is 15.6 Å². The summed E-state index contributed by atoms with van der Waals surface area (Å²) in [6.07, 6.45) is 1.61. The van der Waals surface area contributed by atoms with Crippen LogP contribution in [-0.4, -0.2) is 55.1 Å². The number of aromatic nitrogens is 1. The first-order valence-corrected chi connectivity index (χ1v) is 9.91. The number of nitrogens with zero attached hydrogens (tertiary/aromatic N) is 3. The van der Waals surface area contributed by atoms with E-state index >= 15 is 0 Å². The molecule has 1 amide bonds. The molecule has 1 aromatic heterocycles. The SMILES string of the molecule is CCn1cc(C(=O)N(C)CC(C)C)c(=O)c2cc(F)c(N3CCNCC3)cc21.